The molecule has 0 aromatic heterocycles. The maximum Gasteiger partial charge on any atom is 0.336 e. The second kappa shape index (κ2) is 14.0. The highest BCUT2D eigenvalue weighted by molar-refractivity contribution is 6.08. The van der Waals surface area contributed by atoms with Gasteiger partial charge in [-0.25, -0.2) is 4.79 Å². The van der Waals surface area contributed by atoms with Crippen molar-refractivity contribution in [3.8, 4) is 0 Å². The Morgan fingerprint density at radius 3 is 2.07 bits per heavy atom. The van der Waals surface area contributed by atoms with E-state index in [1.165, 1.54) is 32.1 Å². The Kier molecular flexibility index (Phi) is 11.8. The number of carbonyl (C=O) groups is 3. The number of amides is 1. The van der Waals surface area contributed by atoms with Gasteiger partial charge in [-0.1, -0.05) is 70.1 Å². The topological polar surface area (TPSA) is 72.5 Å². The minimum Gasteiger partial charge on any atom is -0.464 e. The van der Waals surface area contributed by atoms with E-state index in [9.17, 15) is 14.4 Å². The first-order valence-corrected chi connectivity index (χ1v) is 10.1. The standard InChI is InChI=1S/C22H33NO4/c1-3-5-6-7-8-9-10-14-17-19(24)20(22(26)27-4-2)23-21(25)18-15-12-11-13-16-18/h11-13,15-16,20H,3-10,14,17H2,1-2H3,(H,23,25). The van der Waals surface area contributed by atoms with Crippen LogP contribution in [-0.2, 0) is 14.3 Å². The minimum absolute atomic E-state index is 0.168. The summed E-state index contributed by atoms with van der Waals surface area (Å²) >= 11 is 0. The van der Waals surface area contributed by atoms with Crippen LogP contribution >= 0.6 is 0 Å². The first-order chi connectivity index (χ1) is 13.1. The number of rotatable bonds is 14. The molecule has 1 atom stereocenters. The van der Waals surface area contributed by atoms with Crippen molar-refractivity contribution in [3.05, 3.63) is 35.9 Å². The summed E-state index contributed by atoms with van der Waals surface area (Å²) in [6, 6.07) is 7.31. The fourth-order valence-corrected chi connectivity index (χ4v) is 2.88. The van der Waals surface area contributed by atoms with Gasteiger partial charge in [0.1, 0.15) is 0 Å². The highest BCUT2D eigenvalue weighted by atomic mass is 16.5. The third-order valence-electron chi connectivity index (χ3n) is 4.43. The van der Waals surface area contributed by atoms with Crippen molar-refractivity contribution in [1.82, 2.24) is 5.32 Å². The van der Waals surface area contributed by atoms with Crippen molar-refractivity contribution < 1.29 is 19.1 Å². The van der Waals surface area contributed by atoms with Crippen LogP contribution in [0.15, 0.2) is 30.3 Å². The van der Waals surface area contributed by atoms with Crippen LogP contribution in [0, 0.1) is 0 Å². The van der Waals surface area contributed by atoms with Crippen molar-refractivity contribution in [1.29, 1.82) is 0 Å². The van der Waals surface area contributed by atoms with Crippen LogP contribution in [0.4, 0.5) is 0 Å². The summed E-state index contributed by atoms with van der Waals surface area (Å²) < 4.78 is 4.97. The van der Waals surface area contributed by atoms with Gasteiger partial charge in [-0.3, -0.25) is 9.59 Å². The molecule has 1 unspecified atom stereocenters. The number of carbonyl (C=O) groups excluding carboxylic acids is 3. The van der Waals surface area contributed by atoms with Crippen LogP contribution in [0.3, 0.4) is 0 Å². The van der Waals surface area contributed by atoms with Gasteiger partial charge in [-0.2, -0.15) is 0 Å². The van der Waals surface area contributed by atoms with Gasteiger partial charge in [0.05, 0.1) is 6.61 Å². The molecule has 1 aromatic rings. The number of ether oxygens (including phenoxy) is 1. The molecule has 0 saturated heterocycles. The van der Waals surface area contributed by atoms with Crippen molar-refractivity contribution in [2.24, 2.45) is 0 Å². The molecule has 0 fully saturated rings. The van der Waals surface area contributed by atoms with E-state index in [2.05, 4.69) is 12.2 Å². The Morgan fingerprint density at radius 1 is 0.889 bits per heavy atom. The van der Waals surface area contributed by atoms with E-state index in [1.54, 1.807) is 37.3 Å². The molecular formula is C22H33NO4. The number of nitrogens with one attached hydrogen (secondary N) is 1. The lowest BCUT2D eigenvalue weighted by molar-refractivity contribution is -0.148. The van der Waals surface area contributed by atoms with E-state index in [1.807, 2.05) is 0 Å². The zero-order chi connectivity index (χ0) is 19.9. The average Bonchev–Trinajstić information content (AvgIpc) is 2.68. The van der Waals surface area contributed by atoms with Gasteiger partial charge in [0.15, 0.2) is 11.8 Å². The van der Waals surface area contributed by atoms with Gasteiger partial charge >= 0.3 is 5.97 Å². The SMILES string of the molecule is CCCCCCCCCCC(=O)C(NC(=O)c1ccccc1)C(=O)OCC. The van der Waals surface area contributed by atoms with Crippen molar-refractivity contribution in [2.75, 3.05) is 6.61 Å². The van der Waals surface area contributed by atoms with Crippen LogP contribution in [0.5, 0.6) is 0 Å². The first kappa shape index (κ1) is 22.9. The van der Waals surface area contributed by atoms with Crippen LogP contribution in [-0.4, -0.2) is 30.3 Å². The number of unbranched alkanes of at least 4 members (excludes halogenated alkanes) is 7. The molecule has 0 bridgehead atoms. The van der Waals surface area contributed by atoms with Gasteiger partial charge < -0.3 is 10.1 Å². The molecule has 0 aliphatic carbocycles. The summed E-state index contributed by atoms with van der Waals surface area (Å²) in [6.07, 6.45) is 9.25. The van der Waals surface area contributed by atoms with Gasteiger partial charge in [0.25, 0.3) is 5.91 Å². The molecule has 1 amide bonds. The predicted molar refractivity (Wildman–Crippen MR) is 107 cm³/mol. The lowest BCUT2D eigenvalue weighted by Crippen LogP contribution is -2.47. The largest absolute Gasteiger partial charge is 0.464 e. The summed E-state index contributed by atoms with van der Waals surface area (Å²) in [5, 5.41) is 2.53. The number of ketones is 1. The molecule has 0 heterocycles. The third kappa shape index (κ3) is 9.36. The van der Waals surface area contributed by atoms with E-state index in [4.69, 9.17) is 4.74 Å². The van der Waals surface area contributed by atoms with E-state index >= 15 is 0 Å². The molecule has 5 nitrogen and oxygen atoms in total. The molecule has 0 aliphatic rings. The summed E-state index contributed by atoms with van der Waals surface area (Å²) in [5.41, 5.74) is 0.409. The molecule has 0 aliphatic heterocycles. The Balaban J connectivity index is 2.47. The molecule has 5 heteroatoms. The molecule has 0 spiro atoms. The molecule has 27 heavy (non-hydrogen) atoms. The number of Topliss-reactive ketones (excluding diaryl/α,β-unsaturated/α-hetero) is 1. The third-order valence-corrected chi connectivity index (χ3v) is 4.43. The number of benzene rings is 1. The van der Waals surface area contributed by atoms with Gasteiger partial charge in [-0.15, -0.1) is 0 Å². The lowest BCUT2D eigenvalue weighted by Gasteiger charge is -2.16. The monoisotopic (exact) mass is 375 g/mol. The fourth-order valence-electron chi connectivity index (χ4n) is 2.88. The quantitative estimate of drug-likeness (QED) is 0.296. The molecule has 1 N–H and O–H groups in total. The maximum atomic E-state index is 12.5. The second-order valence-electron chi connectivity index (χ2n) is 6.72. The van der Waals surface area contributed by atoms with E-state index in [0.717, 1.165) is 19.3 Å². The zero-order valence-corrected chi connectivity index (χ0v) is 16.7. The van der Waals surface area contributed by atoms with Crippen molar-refractivity contribution in [2.45, 2.75) is 77.7 Å². The molecular weight excluding hydrogens is 342 g/mol. The van der Waals surface area contributed by atoms with E-state index in [0.29, 0.717) is 5.56 Å². The Labute approximate surface area is 162 Å². The molecule has 0 saturated carbocycles. The number of esters is 1. The Hall–Kier alpha value is -2.17. The maximum absolute atomic E-state index is 12.5. The predicted octanol–water partition coefficient (Wildman–Crippen LogP) is 4.45. The van der Waals surface area contributed by atoms with Gasteiger partial charge in [0.2, 0.25) is 0 Å². The molecule has 1 aromatic carbocycles. The molecule has 0 radical (unpaired) electrons. The average molecular weight is 376 g/mol. The normalized spacial score (nSPS) is 11.6. The van der Waals surface area contributed by atoms with Crippen LogP contribution in [0.2, 0.25) is 0 Å². The zero-order valence-electron chi connectivity index (χ0n) is 16.7. The summed E-state index contributed by atoms with van der Waals surface area (Å²) in [7, 11) is 0. The highest BCUT2D eigenvalue weighted by Crippen LogP contribution is 2.11. The number of hydrogen-bond donors (Lipinski definition) is 1. The van der Waals surface area contributed by atoms with Gasteiger partial charge in [0, 0.05) is 12.0 Å². The van der Waals surface area contributed by atoms with Crippen LogP contribution in [0.25, 0.3) is 0 Å². The Morgan fingerprint density at radius 2 is 1.48 bits per heavy atom. The van der Waals surface area contributed by atoms with E-state index < -0.39 is 17.9 Å². The molecule has 1 rings (SSSR count). The summed E-state index contributed by atoms with van der Waals surface area (Å²) in [5.74, 6) is -1.42. The summed E-state index contributed by atoms with van der Waals surface area (Å²) in [6.45, 7) is 4.04. The van der Waals surface area contributed by atoms with Crippen LogP contribution in [0.1, 0.15) is 82.0 Å². The van der Waals surface area contributed by atoms with Crippen LogP contribution < -0.4 is 5.32 Å². The molecule has 150 valence electrons. The van der Waals surface area contributed by atoms with Crippen molar-refractivity contribution in [3.63, 3.8) is 0 Å². The Bertz CT molecular complexity index is 571. The highest BCUT2D eigenvalue weighted by Gasteiger charge is 2.29. The second-order valence-corrected chi connectivity index (χ2v) is 6.72. The minimum atomic E-state index is -1.23. The van der Waals surface area contributed by atoms with Crippen molar-refractivity contribution >= 4 is 17.7 Å². The van der Waals surface area contributed by atoms with Gasteiger partial charge in [-0.05, 0) is 25.5 Å². The first-order valence-electron chi connectivity index (χ1n) is 10.1. The summed E-state index contributed by atoms with van der Waals surface area (Å²) in [4.78, 5) is 36.9. The van der Waals surface area contributed by atoms with E-state index in [-0.39, 0.29) is 18.8 Å². The number of hydrogen-bond acceptors (Lipinski definition) is 4. The lowest BCUT2D eigenvalue weighted by atomic mass is 10.0. The fraction of sp³-hybridized carbons (Fsp3) is 0.591. The smallest absolute Gasteiger partial charge is 0.336 e.